The zero-order chi connectivity index (χ0) is 8.65. The normalized spacial score (nSPS) is 12.1. The zero-order valence-electron chi connectivity index (χ0n) is 7.22. The van der Waals surface area contributed by atoms with E-state index in [9.17, 15) is 0 Å². The summed E-state index contributed by atoms with van der Waals surface area (Å²) in [4.78, 5) is 0. The van der Waals surface area contributed by atoms with Gasteiger partial charge in [0.05, 0.1) is 11.2 Å². The summed E-state index contributed by atoms with van der Waals surface area (Å²) in [5.41, 5.74) is 0.694. The molecule has 0 aliphatic carbocycles. The Labute approximate surface area is 71.4 Å². The number of aromatic nitrogens is 3. The Morgan fingerprint density at radius 1 is 1.36 bits per heavy atom. The number of aryl methyl sites for hydroxylation is 1. The summed E-state index contributed by atoms with van der Waals surface area (Å²) in [7, 11) is 0. The Morgan fingerprint density at radius 3 is 2.09 bits per heavy atom. The van der Waals surface area contributed by atoms with E-state index >= 15 is 0 Å². The molecule has 1 rings (SSSR count). The molecule has 0 amide bonds. The molecule has 0 saturated carbocycles. The van der Waals surface area contributed by atoms with Gasteiger partial charge in [-0.05, 0) is 27.7 Å². The monoisotopic (exact) mass is 173 g/mol. The van der Waals surface area contributed by atoms with Crippen LogP contribution in [-0.2, 0) is 5.54 Å². The maximum Gasteiger partial charge on any atom is 0.150 e. The summed E-state index contributed by atoms with van der Waals surface area (Å²) >= 11 is 5.93. The van der Waals surface area contributed by atoms with E-state index in [4.69, 9.17) is 11.6 Å². The van der Waals surface area contributed by atoms with Crippen LogP contribution in [0, 0.1) is 6.92 Å². The molecule has 0 atom stereocenters. The maximum absolute atomic E-state index is 5.93. The fourth-order valence-electron chi connectivity index (χ4n) is 0.774. The SMILES string of the molecule is Cc1nnn(C(C)(C)C)c1Cl. The van der Waals surface area contributed by atoms with E-state index < -0.39 is 0 Å². The second kappa shape index (κ2) is 2.48. The third-order valence-electron chi connectivity index (χ3n) is 1.40. The molecule has 0 N–H and O–H groups in total. The Balaban J connectivity index is 3.15. The van der Waals surface area contributed by atoms with Crippen molar-refractivity contribution in [1.29, 1.82) is 0 Å². The lowest BCUT2D eigenvalue weighted by molar-refractivity contribution is 0.347. The number of hydrogen-bond donors (Lipinski definition) is 0. The minimum atomic E-state index is -0.0850. The van der Waals surface area contributed by atoms with E-state index in [-0.39, 0.29) is 5.54 Å². The van der Waals surface area contributed by atoms with Crippen LogP contribution in [0.5, 0.6) is 0 Å². The maximum atomic E-state index is 5.93. The van der Waals surface area contributed by atoms with Gasteiger partial charge < -0.3 is 0 Å². The molecule has 0 aliphatic rings. The Kier molecular flexibility index (Phi) is 1.92. The first-order valence-electron chi connectivity index (χ1n) is 3.51. The average Bonchev–Trinajstić information content (AvgIpc) is 2.11. The van der Waals surface area contributed by atoms with Crippen molar-refractivity contribution >= 4 is 11.6 Å². The van der Waals surface area contributed by atoms with Gasteiger partial charge in [-0.1, -0.05) is 16.8 Å². The van der Waals surface area contributed by atoms with Crippen LogP contribution in [0.1, 0.15) is 26.5 Å². The second-order valence-corrected chi connectivity index (χ2v) is 3.91. The predicted molar refractivity (Wildman–Crippen MR) is 44.8 cm³/mol. The molecular weight excluding hydrogens is 162 g/mol. The summed E-state index contributed by atoms with van der Waals surface area (Å²) in [6, 6.07) is 0. The minimum Gasteiger partial charge on any atom is -0.228 e. The molecule has 3 nitrogen and oxygen atoms in total. The van der Waals surface area contributed by atoms with E-state index in [2.05, 4.69) is 10.3 Å². The summed E-state index contributed by atoms with van der Waals surface area (Å²) in [5.74, 6) is 0. The van der Waals surface area contributed by atoms with Gasteiger partial charge in [-0.15, -0.1) is 5.10 Å². The van der Waals surface area contributed by atoms with Crippen LogP contribution in [0.25, 0.3) is 0 Å². The topological polar surface area (TPSA) is 30.7 Å². The lowest BCUT2D eigenvalue weighted by atomic mass is 10.1. The van der Waals surface area contributed by atoms with Gasteiger partial charge in [0.15, 0.2) is 5.15 Å². The summed E-state index contributed by atoms with van der Waals surface area (Å²) in [6.07, 6.45) is 0. The van der Waals surface area contributed by atoms with Crippen molar-refractivity contribution in [2.45, 2.75) is 33.2 Å². The Bertz CT molecular complexity index is 259. The van der Waals surface area contributed by atoms with Gasteiger partial charge in [-0.2, -0.15) is 0 Å². The average molecular weight is 174 g/mol. The molecule has 4 heteroatoms. The van der Waals surface area contributed by atoms with Crippen LogP contribution in [0.4, 0.5) is 0 Å². The summed E-state index contributed by atoms with van der Waals surface area (Å²) < 4.78 is 1.71. The molecule has 0 spiro atoms. The van der Waals surface area contributed by atoms with Gasteiger partial charge in [0.2, 0.25) is 0 Å². The number of hydrogen-bond acceptors (Lipinski definition) is 2. The molecule has 1 aromatic rings. The Morgan fingerprint density at radius 2 is 1.91 bits per heavy atom. The molecule has 1 aromatic heterocycles. The van der Waals surface area contributed by atoms with Gasteiger partial charge in [0.1, 0.15) is 0 Å². The molecule has 0 aliphatic heterocycles. The van der Waals surface area contributed by atoms with Gasteiger partial charge in [0.25, 0.3) is 0 Å². The fourth-order valence-corrected chi connectivity index (χ4v) is 1.10. The standard InChI is InChI=1S/C7H12ClN3/c1-5-6(8)11(10-9-5)7(2,3)4/h1-4H3. The lowest BCUT2D eigenvalue weighted by Crippen LogP contribution is -2.23. The third kappa shape index (κ3) is 1.53. The molecule has 0 bridgehead atoms. The molecule has 0 unspecified atom stereocenters. The van der Waals surface area contributed by atoms with Crippen molar-refractivity contribution in [2.24, 2.45) is 0 Å². The fraction of sp³-hybridized carbons (Fsp3) is 0.714. The highest BCUT2D eigenvalue weighted by atomic mass is 35.5. The van der Waals surface area contributed by atoms with Gasteiger partial charge >= 0.3 is 0 Å². The molecule has 11 heavy (non-hydrogen) atoms. The number of halogens is 1. The van der Waals surface area contributed by atoms with Crippen molar-refractivity contribution in [2.75, 3.05) is 0 Å². The van der Waals surface area contributed by atoms with E-state index in [1.165, 1.54) is 0 Å². The van der Waals surface area contributed by atoms with E-state index in [1.807, 2.05) is 27.7 Å². The van der Waals surface area contributed by atoms with Crippen LogP contribution >= 0.6 is 11.6 Å². The van der Waals surface area contributed by atoms with E-state index in [0.717, 1.165) is 5.69 Å². The van der Waals surface area contributed by atoms with Crippen molar-refractivity contribution in [3.8, 4) is 0 Å². The van der Waals surface area contributed by atoms with Gasteiger partial charge in [0, 0.05) is 0 Å². The van der Waals surface area contributed by atoms with Crippen LogP contribution in [0.2, 0.25) is 5.15 Å². The zero-order valence-corrected chi connectivity index (χ0v) is 7.98. The molecule has 0 fully saturated rings. The quantitative estimate of drug-likeness (QED) is 0.601. The third-order valence-corrected chi connectivity index (χ3v) is 1.84. The highest BCUT2D eigenvalue weighted by Crippen LogP contribution is 2.20. The van der Waals surface area contributed by atoms with Crippen molar-refractivity contribution < 1.29 is 0 Å². The predicted octanol–water partition coefficient (Wildman–Crippen LogP) is 1.99. The van der Waals surface area contributed by atoms with Crippen molar-refractivity contribution in [3.63, 3.8) is 0 Å². The molecule has 0 saturated heterocycles. The van der Waals surface area contributed by atoms with Crippen LogP contribution < -0.4 is 0 Å². The van der Waals surface area contributed by atoms with Crippen molar-refractivity contribution in [1.82, 2.24) is 15.0 Å². The van der Waals surface area contributed by atoms with Crippen LogP contribution in [0.3, 0.4) is 0 Å². The molecule has 62 valence electrons. The first-order chi connectivity index (χ1) is 4.93. The molecule has 0 radical (unpaired) electrons. The van der Waals surface area contributed by atoms with Gasteiger partial charge in [-0.25, -0.2) is 4.68 Å². The second-order valence-electron chi connectivity index (χ2n) is 3.55. The minimum absolute atomic E-state index is 0.0850. The number of rotatable bonds is 0. The van der Waals surface area contributed by atoms with E-state index in [0.29, 0.717) is 5.15 Å². The van der Waals surface area contributed by atoms with Gasteiger partial charge in [-0.3, -0.25) is 0 Å². The molecular formula is C7H12ClN3. The van der Waals surface area contributed by atoms with E-state index in [1.54, 1.807) is 4.68 Å². The van der Waals surface area contributed by atoms with Crippen LogP contribution in [-0.4, -0.2) is 15.0 Å². The smallest absolute Gasteiger partial charge is 0.150 e. The van der Waals surface area contributed by atoms with Crippen LogP contribution in [0.15, 0.2) is 0 Å². The first kappa shape index (κ1) is 8.53. The summed E-state index contributed by atoms with van der Waals surface area (Å²) in [5, 5.41) is 8.41. The molecule has 1 heterocycles. The Hall–Kier alpha value is -0.570. The lowest BCUT2D eigenvalue weighted by Gasteiger charge is -2.18. The highest BCUT2D eigenvalue weighted by molar-refractivity contribution is 6.30. The van der Waals surface area contributed by atoms with Crippen molar-refractivity contribution in [3.05, 3.63) is 10.8 Å². The molecule has 0 aromatic carbocycles. The first-order valence-corrected chi connectivity index (χ1v) is 3.89. The number of nitrogens with zero attached hydrogens (tertiary/aromatic N) is 3. The summed E-state index contributed by atoms with van der Waals surface area (Å²) in [6.45, 7) is 7.95. The highest BCUT2D eigenvalue weighted by Gasteiger charge is 2.18. The largest absolute Gasteiger partial charge is 0.228 e.